The molecule has 0 saturated carbocycles. The van der Waals surface area contributed by atoms with Crippen molar-refractivity contribution in [1.29, 1.82) is 0 Å². The third-order valence-electron chi connectivity index (χ3n) is 3.67. The van der Waals surface area contributed by atoms with E-state index >= 15 is 0 Å². The number of rotatable bonds is 3. The summed E-state index contributed by atoms with van der Waals surface area (Å²) in [6.07, 6.45) is 0. The Balaban J connectivity index is 1.62. The quantitative estimate of drug-likeness (QED) is 0.728. The molecule has 128 valence electrons. The Bertz CT molecular complexity index is 849. The number of carbonyl (C=O) groups is 1. The van der Waals surface area contributed by atoms with Gasteiger partial charge in [0.05, 0.1) is 0 Å². The molecule has 1 aromatic heterocycles. The highest BCUT2D eigenvalue weighted by atomic mass is 16.4. The van der Waals surface area contributed by atoms with Gasteiger partial charge >= 0.3 is 12.0 Å². The van der Waals surface area contributed by atoms with Crippen molar-refractivity contribution in [3.63, 3.8) is 0 Å². The van der Waals surface area contributed by atoms with E-state index in [9.17, 15) is 4.79 Å². The van der Waals surface area contributed by atoms with Gasteiger partial charge in [0.25, 0.3) is 0 Å². The van der Waals surface area contributed by atoms with Crippen LogP contribution in [0.4, 0.5) is 16.5 Å². The van der Waals surface area contributed by atoms with E-state index in [-0.39, 0.29) is 11.4 Å². The van der Waals surface area contributed by atoms with Crippen LogP contribution in [-0.4, -0.2) is 16.2 Å². The molecule has 0 fully saturated rings. The van der Waals surface area contributed by atoms with Crippen molar-refractivity contribution in [2.45, 2.75) is 26.2 Å². The summed E-state index contributed by atoms with van der Waals surface area (Å²) >= 11 is 0. The molecule has 2 N–H and O–H groups in total. The maximum atomic E-state index is 12.1. The second kappa shape index (κ2) is 6.76. The molecular formula is C19H20N4O2. The van der Waals surface area contributed by atoms with E-state index < -0.39 is 6.03 Å². The molecule has 3 aromatic rings. The monoisotopic (exact) mass is 336 g/mol. The molecule has 6 heteroatoms. The van der Waals surface area contributed by atoms with Gasteiger partial charge in [0.15, 0.2) is 0 Å². The fourth-order valence-corrected chi connectivity index (χ4v) is 2.28. The highest BCUT2D eigenvalue weighted by Crippen LogP contribution is 2.23. The van der Waals surface area contributed by atoms with Crippen LogP contribution in [0.3, 0.4) is 0 Å². The van der Waals surface area contributed by atoms with Gasteiger partial charge in [-0.05, 0) is 35.2 Å². The molecule has 0 aliphatic carbocycles. The Hall–Kier alpha value is -3.15. The molecule has 2 amide bonds. The molecule has 2 aromatic carbocycles. The summed E-state index contributed by atoms with van der Waals surface area (Å²) in [6.45, 7) is 6.42. The maximum Gasteiger partial charge on any atom is 0.327 e. The molecule has 0 aliphatic rings. The van der Waals surface area contributed by atoms with Crippen molar-refractivity contribution in [2.24, 2.45) is 0 Å². The first-order chi connectivity index (χ1) is 11.9. The third kappa shape index (κ3) is 4.23. The van der Waals surface area contributed by atoms with E-state index in [1.54, 1.807) is 0 Å². The number of anilines is 2. The number of aromatic nitrogens is 2. The fourth-order valence-electron chi connectivity index (χ4n) is 2.28. The predicted octanol–water partition coefficient (Wildman–Crippen LogP) is 4.68. The number of urea groups is 1. The average molecular weight is 336 g/mol. The largest absolute Gasteiger partial charge is 0.403 e. The van der Waals surface area contributed by atoms with Crippen LogP contribution in [0.5, 0.6) is 0 Å². The van der Waals surface area contributed by atoms with Crippen LogP contribution in [0.2, 0.25) is 0 Å². The van der Waals surface area contributed by atoms with Crippen LogP contribution >= 0.6 is 0 Å². The number of nitrogens with zero attached hydrogens (tertiary/aromatic N) is 2. The molecule has 25 heavy (non-hydrogen) atoms. The van der Waals surface area contributed by atoms with E-state index in [1.807, 2.05) is 54.6 Å². The van der Waals surface area contributed by atoms with Crippen LogP contribution < -0.4 is 10.6 Å². The molecule has 1 heterocycles. The minimum atomic E-state index is -0.438. The van der Waals surface area contributed by atoms with Gasteiger partial charge in [-0.1, -0.05) is 56.2 Å². The van der Waals surface area contributed by atoms with Crippen molar-refractivity contribution in [3.8, 4) is 11.5 Å². The van der Waals surface area contributed by atoms with E-state index in [2.05, 4.69) is 41.6 Å². The number of hydrogen-bond acceptors (Lipinski definition) is 4. The smallest absolute Gasteiger partial charge is 0.327 e. The minimum Gasteiger partial charge on any atom is -0.403 e. The summed E-state index contributed by atoms with van der Waals surface area (Å²) < 4.78 is 5.45. The zero-order valence-corrected chi connectivity index (χ0v) is 14.4. The lowest BCUT2D eigenvalue weighted by atomic mass is 9.87. The summed E-state index contributed by atoms with van der Waals surface area (Å²) in [4.78, 5) is 12.1. The van der Waals surface area contributed by atoms with Gasteiger partial charge in [0, 0.05) is 11.3 Å². The zero-order chi connectivity index (χ0) is 17.9. The molecule has 0 spiro atoms. The number of hydrogen-bond donors (Lipinski definition) is 2. The molecular weight excluding hydrogens is 316 g/mol. The molecule has 0 saturated heterocycles. The first-order valence-electron chi connectivity index (χ1n) is 7.99. The van der Waals surface area contributed by atoms with Gasteiger partial charge in [-0.2, -0.15) is 0 Å². The Morgan fingerprint density at radius 2 is 1.60 bits per heavy atom. The van der Waals surface area contributed by atoms with Crippen LogP contribution in [0.25, 0.3) is 11.5 Å². The molecule has 0 radical (unpaired) electrons. The van der Waals surface area contributed by atoms with Gasteiger partial charge in [0.1, 0.15) is 0 Å². The summed E-state index contributed by atoms with van der Waals surface area (Å²) in [5.41, 5.74) is 2.75. The van der Waals surface area contributed by atoms with Crippen molar-refractivity contribution >= 4 is 17.7 Å². The maximum absolute atomic E-state index is 12.1. The minimum absolute atomic E-state index is 0.0441. The number of carbonyl (C=O) groups excluding carboxylic acids is 1. The van der Waals surface area contributed by atoms with E-state index in [1.165, 1.54) is 5.56 Å². The zero-order valence-electron chi connectivity index (χ0n) is 14.4. The van der Waals surface area contributed by atoms with Gasteiger partial charge in [0.2, 0.25) is 5.89 Å². The van der Waals surface area contributed by atoms with Crippen molar-refractivity contribution in [1.82, 2.24) is 10.2 Å². The molecule has 0 unspecified atom stereocenters. The second-order valence-corrected chi connectivity index (χ2v) is 6.68. The first-order valence-corrected chi connectivity index (χ1v) is 7.99. The Labute approximate surface area is 146 Å². The van der Waals surface area contributed by atoms with Crippen LogP contribution in [0, 0.1) is 0 Å². The third-order valence-corrected chi connectivity index (χ3v) is 3.67. The molecule has 3 rings (SSSR count). The summed E-state index contributed by atoms with van der Waals surface area (Å²) in [5.74, 6) is 0.352. The lowest BCUT2D eigenvalue weighted by Crippen LogP contribution is -2.19. The molecule has 0 atom stereocenters. The van der Waals surface area contributed by atoms with Crippen molar-refractivity contribution in [3.05, 3.63) is 60.2 Å². The average Bonchev–Trinajstić information content (AvgIpc) is 3.03. The Kier molecular flexibility index (Phi) is 4.52. The molecule has 0 bridgehead atoms. The highest BCUT2D eigenvalue weighted by Gasteiger charge is 2.14. The molecule has 0 aliphatic heterocycles. The second-order valence-electron chi connectivity index (χ2n) is 6.68. The SMILES string of the molecule is CC(C)(C)c1ccc(NC(=O)Nc2nnc(-c3ccccc3)o2)cc1. The van der Waals surface area contributed by atoms with Crippen molar-refractivity contribution < 1.29 is 9.21 Å². The van der Waals surface area contributed by atoms with Gasteiger partial charge in [-0.25, -0.2) is 4.79 Å². The fraction of sp³-hybridized carbons (Fsp3) is 0.211. The topological polar surface area (TPSA) is 80.0 Å². The number of benzene rings is 2. The Morgan fingerprint density at radius 1 is 0.920 bits per heavy atom. The van der Waals surface area contributed by atoms with E-state index in [4.69, 9.17) is 4.42 Å². The number of amides is 2. The number of nitrogens with one attached hydrogen (secondary N) is 2. The van der Waals surface area contributed by atoms with Gasteiger partial charge in [-0.15, -0.1) is 5.10 Å². The lowest BCUT2D eigenvalue weighted by Gasteiger charge is -2.19. The summed E-state index contributed by atoms with van der Waals surface area (Å²) in [7, 11) is 0. The van der Waals surface area contributed by atoms with E-state index in [0.717, 1.165) is 5.56 Å². The van der Waals surface area contributed by atoms with Gasteiger partial charge < -0.3 is 9.73 Å². The van der Waals surface area contributed by atoms with Crippen molar-refractivity contribution in [2.75, 3.05) is 10.6 Å². The normalized spacial score (nSPS) is 11.2. The van der Waals surface area contributed by atoms with Crippen LogP contribution in [-0.2, 0) is 5.41 Å². The van der Waals surface area contributed by atoms with E-state index in [0.29, 0.717) is 11.6 Å². The predicted molar refractivity (Wildman–Crippen MR) is 97.5 cm³/mol. The van der Waals surface area contributed by atoms with Gasteiger partial charge in [-0.3, -0.25) is 5.32 Å². The Morgan fingerprint density at radius 3 is 2.24 bits per heavy atom. The highest BCUT2D eigenvalue weighted by molar-refractivity contribution is 5.98. The standard InChI is InChI=1S/C19H20N4O2/c1-19(2,3)14-9-11-15(12-10-14)20-17(24)21-18-23-22-16(25-18)13-7-5-4-6-8-13/h4-12H,1-3H3,(H2,20,21,23,24). The summed E-state index contributed by atoms with van der Waals surface area (Å²) in [6, 6.07) is 16.7. The first kappa shape index (κ1) is 16.7. The lowest BCUT2D eigenvalue weighted by molar-refractivity contribution is 0.261. The molecule has 6 nitrogen and oxygen atoms in total. The van der Waals surface area contributed by atoms with Crippen LogP contribution in [0.1, 0.15) is 26.3 Å². The summed E-state index contributed by atoms with van der Waals surface area (Å²) in [5, 5.41) is 13.0. The van der Waals surface area contributed by atoms with Crippen LogP contribution in [0.15, 0.2) is 59.0 Å².